The Morgan fingerprint density at radius 1 is 1.38 bits per heavy atom. The third-order valence-electron chi connectivity index (χ3n) is 1.94. The van der Waals surface area contributed by atoms with Gasteiger partial charge in [-0.2, -0.15) is 0 Å². The van der Waals surface area contributed by atoms with Gasteiger partial charge >= 0.3 is 0 Å². The number of hydrogen-bond acceptors (Lipinski definition) is 3. The van der Waals surface area contributed by atoms with Crippen molar-refractivity contribution in [3.05, 3.63) is 27.7 Å². The van der Waals surface area contributed by atoms with Crippen molar-refractivity contribution in [3.8, 4) is 0 Å². The normalized spacial score (nSPS) is 20.0. The molecule has 0 aromatic carbocycles. The molecule has 1 aromatic rings. The summed E-state index contributed by atoms with van der Waals surface area (Å²) in [7, 11) is 1.71. The van der Waals surface area contributed by atoms with Gasteiger partial charge < -0.3 is 4.74 Å². The summed E-state index contributed by atoms with van der Waals surface area (Å²) < 4.78 is 5.21. The summed E-state index contributed by atoms with van der Waals surface area (Å²) in [5.41, 5.74) is 1.05. The number of ether oxygens (including phenoxy) is 1. The van der Waals surface area contributed by atoms with Crippen molar-refractivity contribution in [3.63, 3.8) is 0 Å². The first-order chi connectivity index (χ1) is 6.29. The Balaban J connectivity index is 2.38. The number of hydrogen-bond donors (Lipinski definition) is 0. The number of nitrogens with zero attached hydrogens (tertiary/aromatic N) is 1. The summed E-state index contributed by atoms with van der Waals surface area (Å²) in [5.74, 6) is 0. The van der Waals surface area contributed by atoms with Gasteiger partial charge in [-0.3, -0.25) is 0 Å². The first-order valence-corrected chi connectivity index (χ1v) is 4.98. The third kappa shape index (κ3) is 1.71. The molecule has 0 saturated carbocycles. The van der Waals surface area contributed by atoms with E-state index in [1.165, 1.54) is 4.88 Å². The van der Waals surface area contributed by atoms with Gasteiger partial charge in [-0.15, -0.1) is 11.3 Å². The van der Waals surface area contributed by atoms with E-state index in [0.717, 1.165) is 10.7 Å². The van der Waals surface area contributed by atoms with Crippen LogP contribution in [-0.4, -0.2) is 18.2 Å². The van der Waals surface area contributed by atoms with E-state index < -0.39 is 0 Å². The fourth-order valence-corrected chi connectivity index (χ4v) is 2.11. The molecule has 3 heteroatoms. The molecule has 0 aliphatic heterocycles. The molecule has 1 aromatic heterocycles. The molecular weight excluding hydrogens is 182 g/mol. The molecule has 0 N–H and O–H groups in total. The maximum atomic E-state index is 5.21. The molecular formula is C10H11NOS. The first-order valence-electron chi connectivity index (χ1n) is 4.16. The van der Waals surface area contributed by atoms with Crippen molar-refractivity contribution in [2.45, 2.75) is 13.0 Å². The minimum Gasteiger partial charge on any atom is -0.373 e. The van der Waals surface area contributed by atoms with Crippen LogP contribution in [0.5, 0.6) is 0 Å². The highest BCUT2D eigenvalue weighted by molar-refractivity contribution is 7.12. The number of fused-ring (bicyclic) bond motifs is 1. The van der Waals surface area contributed by atoms with Crippen molar-refractivity contribution in [2.75, 3.05) is 7.11 Å². The Bertz CT molecular complexity index is 334. The molecule has 0 saturated heterocycles. The lowest BCUT2D eigenvalue weighted by Crippen LogP contribution is -2.00. The molecule has 1 heterocycles. The summed E-state index contributed by atoms with van der Waals surface area (Å²) in [6.45, 7) is 2.02. The van der Waals surface area contributed by atoms with Crippen LogP contribution in [-0.2, 0) is 4.74 Å². The number of aryl methyl sites for hydroxylation is 1. The lowest BCUT2D eigenvalue weighted by molar-refractivity contribution is 0.179. The van der Waals surface area contributed by atoms with Gasteiger partial charge in [0.1, 0.15) is 0 Å². The molecule has 0 fully saturated rings. The molecule has 0 spiro atoms. The molecule has 2 rings (SSSR count). The standard InChI is InChI=1S/C10H11NOS/c1-7-11-9-5-3-8(12-2)4-6-10(9)13-7/h3-6,8H,1-2H3. The molecule has 1 aliphatic rings. The van der Waals surface area contributed by atoms with Crippen LogP contribution in [0.4, 0.5) is 0 Å². The van der Waals surface area contributed by atoms with Crippen molar-refractivity contribution >= 4 is 23.5 Å². The van der Waals surface area contributed by atoms with Crippen LogP contribution in [0.3, 0.4) is 0 Å². The van der Waals surface area contributed by atoms with Crippen LogP contribution in [0, 0.1) is 6.92 Å². The molecule has 1 atom stereocenters. The van der Waals surface area contributed by atoms with Crippen LogP contribution in [0.15, 0.2) is 12.2 Å². The van der Waals surface area contributed by atoms with Crippen molar-refractivity contribution in [2.24, 2.45) is 0 Å². The van der Waals surface area contributed by atoms with E-state index in [0.29, 0.717) is 0 Å². The Labute approximate surface area is 81.6 Å². The van der Waals surface area contributed by atoms with E-state index in [1.807, 2.05) is 25.2 Å². The maximum Gasteiger partial charge on any atom is 0.0941 e. The first kappa shape index (κ1) is 8.66. The van der Waals surface area contributed by atoms with Crippen LogP contribution in [0.25, 0.3) is 12.2 Å². The number of rotatable bonds is 1. The predicted molar refractivity (Wildman–Crippen MR) is 55.7 cm³/mol. The van der Waals surface area contributed by atoms with Crippen LogP contribution >= 0.6 is 11.3 Å². The van der Waals surface area contributed by atoms with Gasteiger partial charge in [0, 0.05) is 7.11 Å². The van der Waals surface area contributed by atoms with Crippen LogP contribution in [0.1, 0.15) is 15.6 Å². The molecule has 2 nitrogen and oxygen atoms in total. The summed E-state index contributed by atoms with van der Waals surface area (Å²) in [6, 6.07) is 0. The van der Waals surface area contributed by atoms with E-state index in [4.69, 9.17) is 4.74 Å². The Hall–Kier alpha value is -0.930. The van der Waals surface area contributed by atoms with Crippen molar-refractivity contribution < 1.29 is 4.74 Å². The zero-order chi connectivity index (χ0) is 9.26. The largest absolute Gasteiger partial charge is 0.373 e. The predicted octanol–water partition coefficient (Wildman–Crippen LogP) is 2.51. The second kappa shape index (κ2) is 3.44. The Kier molecular flexibility index (Phi) is 2.29. The van der Waals surface area contributed by atoms with Crippen LogP contribution in [0.2, 0.25) is 0 Å². The molecule has 68 valence electrons. The van der Waals surface area contributed by atoms with Gasteiger partial charge in [0.05, 0.1) is 21.7 Å². The second-order valence-electron chi connectivity index (χ2n) is 2.90. The van der Waals surface area contributed by atoms with Gasteiger partial charge in [0.2, 0.25) is 0 Å². The molecule has 1 unspecified atom stereocenters. The molecule has 0 bridgehead atoms. The van der Waals surface area contributed by atoms with E-state index in [2.05, 4.69) is 11.1 Å². The zero-order valence-electron chi connectivity index (χ0n) is 7.65. The van der Waals surface area contributed by atoms with Gasteiger partial charge in [-0.05, 0) is 25.2 Å². The number of thiazole rings is 1. The zero-order valence-corrected chi connectivity index (χ0v) is 8.47. The highest BCUT2D eigenvalue weighted by atomic mass is 32.1. The van der Waals surface area contributed by atoms with E-state index >= 15 is 0 Å². The monoisotopic (exact) mass is 193 g/mol. The molecule has 0 amide bonds. The highest BCUT2D eigenvalue weighted by Crippen LogP contribution is 2.23. The Morgan fingerprint density at radius 3 is 2.92 bits per heavy atom. The van der Waals surface area contributed by atoms with Crippen molar-refractivity contribution in [1.29, 1.82) is 0 Å². The molecule has 1 aliphatic carbocycles. The lowest BCUT2D eigenvalue weighted by atomic mass is 10.3. The quantitative estimate of drug-likeness (QED) is 0.683. The summed E-state index contributed by atoms with van der Waals surface area (Å²) in [4.78, 5) is 5.62. The van der Waals surface area contributed by atoms with Gasteiger partial charge in [-0.1, -0.05) is 6.08 Å². The van der Waals surface area contributed by atoms with Gasteiger partial charge in [0.25, 0.3) is 0 Å². The van der Waals surface area contributed by atoms with Gasteiger partial charge in [-0.25, -0.2) is 4.98 Å². The third-order valence-corrected chi connectivity index (χ3v) is 2.89. The summed E-state index contributed by atoms with van der Waals surface area (Å²) in [6.07, 6.45) is 8.24. The average molecular weight is 193 g/mol. The van der Waals surface area contributed by atoms with E-state index in [9.17, 15) is 0 Å². The van der Waals surface area contributed by atoms with Gasteiger partial charge in [0.15, 0.2) is 0 Å². The Morgan fingerprint density at radius 2 is 2.15 bits per heavy atom. The molecule has 13 heavy (non-hydrogen) atoms. The summed E-state index contributed by atoms with van der Waals surface area (Å²) >= 11 is 1.71. The average Bonchev–Trinajstić information content (AvgIpc) is 2.37. The lowest BCUT2D eigenvalue weighted by Gasteiger charge is -2.01. The number of aromatic nitrogens is 1. The van der Waals surface area contributed by atoms with E-state index in [-0.39, 0.29) is 6.10 Å². The second-order valence-corrected chi connectivity index (χ2v) is 4.14. The van der Waals surface area contributed by atoms with Crippen molar-refractivity contribution in [1.82, 2.24) is 4.98 Å². The fraction of sp³-hybridized carbons (Fsp3) is 0.300. The van der Waals surface area contributed by atoms with Crippen LogP contribution < -0.4 is 0 Å². The maximum absolute atomic E-state index is 5.21. The molecule has 0 radical (unpaired) electrons. The fourth-order valence-electron chi connectivity index (χ4n) is 1.29. The number of methoxy groups -OCH3 is 1. The highest BCUT2D eigenvalue weighted by Gasteiger charge is 2.08. The smallest absolute Gasteiger partial charge is 0.0941 e. The SMILES string of the molecule is COC1C=Cc2nc(C)sc2C=C1. The summed E-state index contributed by atoms with van der Waals surface area (Å²) in [5, 5.41) is 1.11. The minimum atomic E-state index is 0.0849. The topological polar surface area (TPSA) is 22.1 Å². The van der Waals surface area contributed by atoms with E-state index in [1.54, 1.807) is 18.4 Å². The minimum absolute atomic E-state index is 0.0849.